The Kier molecular flexibility index (Phi) is 7.58. The van der Waals surface area contributed by atoms with E-state index in [2.05, 4.69) is 4.99 Å². The molecule has 0 saturated heterocycles. The van der Waals surface area contributed by atoms with E-state index in [1.165, 1.54) is 11.3 Å². The number of hydrogen-bond donors (Lipinski definition) is 0. The van der Waals surface area contributed by atoms with Crippen LogP contribution in [0.2, 0.25) is 0 Å². The van der Waals surface area contributed by atoms with Crippen LogP contribution in [-0.2, 0) is 25.6 Å². The number of ether oxygens (including phenoxy) is 2. The van der Waals surface area contributed by atoms with Crippen molar-refractivity contribution in [3.05, 3.63) is 102 Å². The SMILES string of the molecule is CCOC(=O)Cn1c(C)c(/C=c2\sc3n(c2=O)[C@H](c2ccc(C)cc2)C(C(=O)OCC)=C(C)N=3)c2ccccc21. The minimum absolute atomic E-state index is 0.0742. The fraction of sp³-hybridized carbons (Fsp3) is 0.290. The first-order chi connectivity index (χ1) is 19.2. The smallest absolute Gasteiger partial charge is 0.338 e. The van der Waals surface area contributed by atoms with Crippen molar-refractivity contribution < 1.29 is 19.1 Å². The van der Waals surface area contributed by atoms with Crippen LogP contribution in [0.3, 0.4) is 0 Å². The maximum atomic E-state index is 14.0. The molecule has 4 aromatic rings. The van der Waals surface area contributed by atoms with E-state index in [0.717, 1.165) is 33.3 Å². The molecule has 5 rings (SSSR count). The predicted octanol–water partition coefficient (Wildman–Crippen LogP) is 3.93. The molecule has 0 bridgehead atoms. The van der Waals surface area contributed by atoms with Crippen LogP contribution in [0.1, 0.15) is 49.2 Å². The lowest BCUT2D eigenvalue weighted by Gasteiger charge is -2.24. The number of esters is 2. The lowest BCUT2D eigenvalue weighted by atomic mass is 9.95. The Labute approximate surface area is 235 Å². The Morgan fingerprint density at radius 3 is 2.40 bits per heavy atom. The number of carbonyl (C=O) groups excluding carboxylic acids is 2. The van der Waals surface area contributed by atoms with E-state index in [1.54, 1.807) is 25.3 Å². The molecule has 0 saturated carbocycles. The summed E-state index contributed by atoms with van der Waals surface area (Å²) in [7, 11) is 0. The third-order valence-corrected chi connectivity index (χ3v) is 8.04. The average Bonchev–Trinajstić information content (AvgIpc) is 3.37. The summed E-state index contributed by atoms with van der Waals surface area (Å²) < 4.78 is 14.6. The van der Waals surface area contributed by atoms with Crippen molar-refractivity contribution in [1.29, 1.82) is 0 Å². The van der Waals surface area contributed by atoms with Crippen molar-refractivity contribution in [2.24, 2.45) is 4.99 Å². The second-order valence-electron chi connectivity index (χ2n) is 9.62. The second-order valence-corrected chi connectivity index (χ2v) is 10.6. The Balaban J connectivity index is 1.72. The van der Waals surface area contributed by atoms with Gasteiger partial charge in [-0.2, -0.15) is 0 Å². The van der Waals surface area contributed by atoms with Gasteiger partial charge in [0.25, 0.3) is 5.56 Å². The molecule has 0 spiro atoms. The van der Waals surface area contributed by atoms with Gasteiger partial charge in [-0.3, -0.25) is 14.2 Å². The summed E-state index contributed by atoms with van der Waals surface area (Å²) in [6.45, 7) is 9.83. The van der Waals surface area contributed by atoms with Crippen molar-refractivity contribution in [2.75, 3.05) is 13.2 Å². The molecule has 206 valence electrons. The summed E-state index contributed by atoms with van der Waals surface area (Å²) in [6.07, 6.45) is 1.86. The van der Waals surface area contributed by atoms with Gasteiger partial charge in [-0.1, -0.05) is 59.4 Å². The molecule has 0 N–H and O–H groups in total. The van der Waals surface area contributed by atoms with E-state index < -0.39 is 12.0 Å². The van der Waals surface area contributed by atoms with Gasteiger partial charge in [0.1, 0.15) is 6.54 Å². The molecule has 2 aromatic carbocycles. The van der Waals surface area contributed by atoms with Crippen LogP contribution in [-0.4, -0.2) is 34.3 Å². The standard InChI is InChI=1S/C31H31N3O5S/c1-6-38-26(35)17-33-20(5)23(22-10-8-9-11-24(22)33)16-25-29(36)34-28(21-14-12-18(3)13-15-21)27(30(37)39-7-2)19(4)32-31(34)40-25/h8-16,28H,6-7,17H2,1-5H3/b25-16-/t28-/m1/s1. The molecule has 2 aromatic heterocycles. The number of allylic oxidation sites excluding steroid dienone is 1. The van der Waals surface area contributed by atoms with E-state index in [9.17, 15) is 14.4 Å². The molecule has 8 nitrogen and oxygen atoms in total. The molecule has 0 aliphatic carbocycles. The van der Waals surface area contributed by atoms with Crippen molar-refractivity contribution in [1.82, 2.24) is 9.13 Å². The molecule has 1 atom stereocenters. The van der Waals surface area contributed by atoms with Gasteiger partial charge in [0.2, 0.25) is 0 Å². The van der Waals surface area contributed by atoms with Crippen molar-refractivity contribution in [3.8, 4) is 0 Å². The molecule has 3 heterocycles. The molecular formula is C31H31N3O5S. The monoisotopic (exact) mass is 557 g/mol. The summed E-state index contributed by atoms with van der Waals surface area (Å²) in [5.41, 5.74) is 5.08. The van der Waals surface area contributed by atoms with Crippen molar-refractivity contribution in [3.63, 3.8) is 0 Å². The zero-order valence-corrected chi connectivity index (χ0v) is 24.0. The van der Waals surface area contributed by atoms with E-state index in [1.807, 2.05) is 73.0 Å². The number of carbonyl (C=O) groups is 2. The Morgan fingerprint density at radius 1 is 1.00 bits per heavy atom. The number of thiazole rings is 1. The molecule has 0 fully saturated rings. The van der Waals surface area contributed by atoms with Crippen LogP contribution in [0, 0.1) is 13.8 Å². The lowest BCUT2D eigenvalue weighted by Crippen LogP contribution is -2.39. The number of nitrogens with zero attached hydrogens (tertiary/aromatic N) is 3. The lowest BCUT2D eigenvalue weighted by molar-refractivity contribution is -0.143. The van der Waals surface area contributed by atoms with E-state index in [-0.39, 0.29) is 24.7 Å². The number of rotatable bonds is 7. The fourth-order valence-electron chi connectivity index (χ4n) is 5.17. The Bertz CT molecular complexity index is 1840. The fourth-order valence-corrected chi connectivity index (χ4v) is 6.19. The summed E-state index contributed by atoms with van der Waals surface area (Å²) >= 11 is 1.28. The highest BCUT2D eigenvalue weighted by Crippen LogP contribution is 2.31. The number of hydrogen-bond acceptors (Lipinski definition) is 7. The minimum atomic E-state index is -0.663. The molecular weight excluding hydrogens is 526 g/mol. The predicted molar refractivity (Wildman–Crippen MR) is 155 cm³/mol. The van der Waals surface area contributed by atoms with Crippen LogP contribution in [0.5, 0.6) is 0 Å². The third kappa shape index (κ3) is 4.81. The maximum absolute atomic E-state index is 14.0. The van der Waals surface area contributed by atoms with Gasteiger partial charge >= 0.3 is 11.9 Å². The number of aromatic nitrogens is 2. The maximum Gasteiger partial charge on any atom is 0.338 e. The number of fused-ring (bicyclic) bond motifs is 2. The quantitative estimate of drug-likeness (QED) is 0.321. The van der Waals surface area contributed by atoms with Gasteiger partial charge < -0.3 is 14.0 Å². The third-order valence-electron chi connectivity index (χ3n) is 7.06. The summed E-state index contributed by atoms with van der Waals surface area (Å²) in [5.74, 6) is -0.807. The van der Waals surface area contributed by atoms with Gasteiger partial charge in [-0.25, -0.2) is 9.79 Å². The first kappa shape index (κ1) is 27.3. The number of para-hydroxylation sites is 1. The highest BCUT2D eigenvalue weighted by atomic mass is 32.1. The van der Waals surface area contributed by atoms with E-state index >= 15 is 0 Å². The first-order valence-corrected chi connectivity index (χ1v) is 14.1. The van der Waals surface area contributed by atoms with Crippen LogP contribution < -0.4 is 14.9 Å². The molecule has 1 aliphatic heterocycles. The van der Waals surface area contributed by atoms with Crippen LogP contribution in [0.15, 0.2) is 69.6 Å². The average molecular weight is 558 g/mol. The van der Waals surface area contributed by atoms with Gasteiger partial charge in [0.05, 0.1) is 35.1 Å². The van der Waals surface area contributed by atoms with Crippen molar-refractivity contribution in [2.45, 2.75) is 47.2 Å². The minimum Gasteiger partial charge on any atom is -0.465 e. The van der Waals surface area contributed by atoms with Gasteiger partial charge in [0, 0.05) is 22.2 Å². The molecule has 40 heavy (non-hydrogen) atoms. The largest absolute Gasteiger partial charge is 0.465 e. The summed E-state index contributed by atoms with van der Waals surface area (Å²) in [6, 6.07) is 14.9. The van der Waals surface area contributed by atoms with E-state index in [4.69, 9.17) is 9.47 Å². The highest BCUT2D eigenvalue weighted by Gasteiger charge is 2.33. The first-order valence-electron chi connectivity index (χ1n) is 13.2. The van der Waals surface area contributed by atoms with Gasteiger partial charge in [-0.05, 0) is 52.3 Å². The van der Waals surface area contributed by atoms with Crippen LogP contribution in [0.25, 0.3) is 17.0 Å². The summed E-state index contributed by atoms with van der Waals surface area (Å²) in [5, 5.41) is 0.925. The molecule has 0 radical (unpaired) electrons. The van der Waals surface area contributed by atoms with E-state index in [0.29, 0.717) is 27.2 Å². The molecule has 9 heteroatoms. The second kappa shape index (κ2) is 11.1. The number of benzene rings is 2. The van der Waals surface area contributed by atoms with Crippen LogP contribution in [0.4, 0.5) is 0 Å². The van der Waals surface area contributed by atoms with Crippen LogP contribution >= 0.6 is 11.3 Å². The zero-order chi connectivity index (χ0) is 28.6. The van der Waals surface area contributed by atoms with Gasteiger partial charge in [-0.15, -0.1) is 0 Å². The molecule has 0 amide bonds. The highest BCUT2D eigenvalue weighted by molar-refractivity contribution is 7.07. The molecule has 0 unspecified atom stereocenters. The topological polar surface area (TPSA) is 91.9 Å². The molecule has 1 aliphatic rings. The van der Waals surface area contributed by atoms with Crippen molar-refractivity contribution >= 4 is 40.3 Å². The Morgan fingerprint density at radius 2 is 1.70 bits per heavy atom. The Hall–Kier alpha value is -4.24. The number of aryl methyl sites for hydroxylation is 1. The van der Waals surface area contributed by atoms with Gasteiger partial charge in [0.15, 0.2) is 4.80 Å². The summed E-state index contributed by atoms with van der Waals surface area (Å²) in [4.78, 5) is 44.7. The normalized spacial score (nSPS) is 15.2. The zero-order valence-electron chi connectivity index (χ0n) is 23.2.